The van der Waals surface area contributed by atoms with Crippen LogP contribution in [0, 0.1) is 0 Å². The first kappa shape index (κ1) is 15.6. The molecule has 4 nitrogen and oxygen atoms in total. The average molecular weight is 264 g/mol. The maximum Gasteiger partial charge on any atom is 0.204 e. The molecule has 19 heavy (non-hydrogen) atoms. The van der Waals surface area contributed by atoms with Crippen LogP contribution in [0.25, 0.3) is 0 Å². The normalized spacial score (nSPS) is 14.2. The Hall–Kier alpha value is -1.42. The largest absolute Gasteiger partial charge is 0.494 e. The monoisotopic (exact) mass is 264 g/mol. The molecule has 4 heteroatoms. The molecule has 0 N–H and O–H groups in total. The molecule has 0 bridgehead atoms. The van der Waals surface area contributed by atoms with E-state index >= 15 is 0 Å². The molecule has 106 valence electrons. The van der Waals surface area contributed by atoms with Crippen molar-refractivity contribution in [3.8, 4) is 5.75 Å². The van der Waals surface area contributed by atoms with Gasteiger partial charge in [0.05, 0.1) is 12.6 Å². The Morgan fingerprint density at radius 1 is 1.37 bits per heavy atom. The van der Waals surface area contributed by atoms with Crippen molar-refractivity contribution in [1.29, 1.82) is 0 Å². The van der Waals surface area contributed by atoms with Gasteiger partial charge in [-0.2, -0.15) is 0 Å². The number of hydrogen-bond acceptors (Lipinski definition) is 4. The van der Waals surface area contributed by atoms with Crippen LogP contribution in [0.1, 0.15) is 44.6 Å². The first-order chi connectivity index (χ1) is 9.04. The van der Waals surface area contributed by atoms with Crippen molar-refractivity contribution < 1.29 is 9.53 Å². The Morgan fingerprint density at radius 2 is 2.00 bits per heavy atom. The number of ether oxygens (including phenoxy) is 1. The van der Waals surface area contributed by atoms with Crippen LogP contribution in [0.3, 0.4) is 0 Å². The van der Waals surface area contributed by atoms with Crippen LogP contribution in [0.4, 0.5) is 0 Å². The van der Waals surface area contributed by atoms with Gasteiger partial charge in [0.1, 0.15) is 11.4 Å². The molecule has 0 aromatic carbocycles. The zero-order chi connectivity index (χ0) is 14.5. The van der Waals surface area contributed by atoms with E-state index in [4.69, 9.17) is 4.74 Å². The summed E-state index contributed by atoms with van der Waals surface area (Å²) in [7, 11) is 1.56. The molecule has 1 atom stereocenters. The van der Waals surface area contributed by atoms with Gasteiger partial charge in [-0.25, -0.2) is 4.98 Å². The van der Waals surface area contributed by atoms with Crippen molar-refractivity contribution in [3.05, 3.63) is 24.0 Å². The van der Waals surface area contributed by atoms with Crippen LogP contribution in [0.5, 0.6) is 5.75 Å². The summed E-state index contributed by atoms with van der Waals surface area (Å²) in [5.41, 5.74) is -0.119. The lowest BCUT2D eigenvalue weighted by atomic mass is 9.88. The summed E-state index contributed by atoms with van der Waals surface area (Å²) in [6.07, 6.45) is 2.38. The highest BCUT2D eigenvalue weighted by Crippen LogP contribution is 2.27. The molecule has 1 unspecified atom stereocenters. The Balaban J connectivity index is 3.21. The van der Waals surface area contributed by atoms with E-state index in [-0.39, 0.29) is 5.78 Å². The van der Waals surface area contributed by atoms with Gasteiger partial charge in [-0.15, -0.1) is 0 Å². The average Bonchev–Trinajstić information content (AvgIpc) is 2.47. The zero-order valence-corrected chi connectivity index (χ0v) is 12.6. The molecule has 0 aliphatic heterocycles. The van der Waals surface area contributed by atoms with Crippen LogP contribution in [-0.4, -0.2) is 41.4 Å². The summed E-state index contributed by atoms with van der Waals surface area (Å²) in [6.45, 7) is 9.83. The molecule has 1 rings (SSSR count). The van der Waals surface area contributed by atoms with Gasteiger partial charge < -0.3 is 4.74 Å². The molecule has 0 aliphatic rings. The van der Waals surface area contributed by atoms with Gasteiger partial charge in [-0.1, -0.05) is 20.8 Å². The lowest BCUT2D eigenvalue weighted by Crippen LogP contribution is -2.52. The van der Waals surface area contributed by atoms with Crippen molar-refractivity contribution in [1.82, 2.24) is 9.88 Å². The number of nitrogens with zero attached hydrogens (tertiary/aromatic N) is 2. The number of likely N-dealkylation sites (N-methyl/N-ethyl adjacent to an activating group) is 1. The molecule has 0 amide bonds. The molecule has 1 aromatic heterocycles. The smallest absolute Gasteiger partial charge is 0.204 e. The van der Waals surface area contributed by atoms with Crippen molar-refractivity contribution >= 4 is 5.78 Å². The van der Waals surface area contributed by atoms with E-state index < -0.39 is 5.54 Å². The molecule has 0 aliphatic carbocycles. The Labute approximate surface area is 115 Å². The maximum absolute atomic E-state index is 12.9. The SMILES string of the molecule is CCN(CC)C(C)(CC)C(=O)c1ncccc1OC. The second kappa shape index (κ2) is 6.66. The number of hydrogen-bond donors (Lipinski definition) is 0. The van der Waals surface area contributed by atoms with Crippen molar-refractivity contribution in [2.45, 2.75) is 39.7 Å². The summed E-state index contributed by atoms with van der Waals surface area (Å²) in [6, 6.07) is 3.55. The van der Waals surface area contributed by atoms with Crippen LogP contribution in [0.2, 0.25) is 0 Å². The van der Waals surface area contributed by atoms with E-state index in [1.165, 1.54) is 0 Å². The van der Waals surface area contributed by atoms with Gasteiger partial charge in [0, 0.05) is 6.20 Å². The molecular weight excluding hydrogens is 240 g/mol. The number of aromatic nitrogens is 1. The van der Waals surface area contributed by atoms with Crippen molar-refractivity contribution in [3.63, 3.8) is 0 Å². The minimum Gasteiger partial charge on any atom is -0.494 e. The summed E-state index contributed by atoms with van der Waals surface area (Å²) in [5, 5.41) is 0. The number of carbonyl (C=O) groups is 1. The molecule has 0 radical (unpaired) electrons. The third-order valence-corrected chi connectivity index (χ3v) is 3.84. The highest BCUT2D eigenvalue weighted by molar-refractivity contribution is 6.03. The summed E-state index contributed by atoms with van der Waals surface area (Å²) in [4.78, 5) is 19.2. The van der Waals surface area contributed by atoms with E-state index in [1.807, 2.05) is 13.8 Å². The van der Waals surface area contributed by atoms with Crippen molar-refractivity contribution in [2.75, 3.05) is 20.2 Å². The Morgan fingerprint density at radius 3 is 2.47 bits per heavy atom. The van der Waals surface area contributed by atoms with Gasteiger partial charge in [0.2, 0.25) is 5.78 Å². The molecule has 0 spiro atoms. The summed E-state index contributed by atoms with van der Waals surface area (Å²) < 4.78 is 5.25. The van der Waals surface area contributed by atoms with E-state index in [9.17, 15) is 4.79 Å². The number of pyridine rings is 1. The van der Waals surface area contributed by atoms with E-state index in [2.05, 4.69) is 23.7 Å². The summed E-state index contributed by atoms with van der Waals surface area (Å²) >= 11 is 0. The fraction of sp³-hybridized carbons (Fsp3) is 0.600. The van der Waals surface area contributed by atoms with Gasteiger partial charge >= 0.3 is 0 Å². The minimum atomic E-state index is -0.537. The highest BCUT2D eigenvalue weighted by Gasteiger charge is 2.38. The van der Waals surface area contributed by atoms with Crippen LogP contribution < -0.4 is 4.74 Å². The number of carbonyl (C=O) groups excluding carboxylic acids is 1. The second-order valence-corrected chi connectivity index (χ2v) is 4.68. The maximum atomic E-state index is 12.9. The predicted octanol–water partition coefficient (Wildman–Crippen LogP) is 2.78. The predicted molar refractivity (Wildman–Crippen MR) is 76.7 cm³/mol. The first-order valence-corrected chi connectivity index (χ1v) is 6.83. The molecule has 1 heterocycles. The minimum absolute atomic E-state index is 0.0242. The van der Waals surface area contributed by atoms with Gasteiger partial charge in [-0.3, -0.25) is 9.69 Å². The number of methoxy groups -OCH3 is 1. The summed E-state index contributed by atoms with van der Waals surface area (Å²) in [5.74, 6) is 0.565. The fourth-order valence-electron chi connectivity index (χ4n) is 2.43. The lowest BCUT2D eigenvalue weighted by molar-refractivity contribution is 0.0599. The first-order valence-electron chi connectivity index (χ1n) is 6.83. The highest BCUT2D eigenvalue weighted by atomic mass is 16.5. The van der Waals surface area contributed by atoms with Crippen LogP contribution in [0.15, 0.2) is 18.3 Å². The Bertz CT molecular complexity index is 430. The van der Waals surface area contributed by atoms with E-state index in [0.717, 1.165) is 19.5 Å². The zero-order valence-electron chi connectivity index (χ0n) is 12.6. The lowest BCUT2D eigenvalue weighted by Gasteiger charge is -2.38. The standard InChI is InChI=1S/C15H24N2O2/c1-6-15(4,17(7-2)8-3)14(18)13-12(19-5)10-9-11-16-13/h9-11H,6-8H2,1-5H3. The third-order valence-electron chi connectivity index (χ3n) is 3.84. The van der Waals surface area contributed by atoms with Gasteiger partial charge in [0.25, 0.3) is 0 Å². The third kappa shape index (κ3) is 2.95. The number of Topliss-reactive ketones (excluding diaryl/α,β-unsaturated/α-hetero) is 1. The molecular formula is C15H24N2O2. The fourth-order valence-corrected chi connectivity index (χ4v) is 2.43. The molecule has 0 saturated heterocycles. The van der Waals surface area contributed by atoms with Gasteiger partial charge in [0.15, 0.2) is 0 Å². The number of ketones is 1. The van der Waals surface area contributed by atoms with Crippen LogP contribution in [-0.2, 0) is 0 Å². The topological polar surface area (TPSA) is 42.4 Å². The van der Waals surface area contributed by atoms with Crippen molar-refractivity contribution in [2.24, 2.45) is 0 Å². The molecule has 0 fully saturated rings. The second-order valence-electron chi connectivity index (χ2n) is 4.68. The van der Waals surface area contributed by atoms with Crippen LogP contribution >= 0.6 is 0 Å². The Kier molecular flexibility index (Phi) is 5.48. The molecule has 0 saturated carbocycles. The van der Waals surface area contributed by atoms with E-state index in [1.54, 1.807) is 25.4 Å². The van der Waals surface area contributed by atoms with E-state index in [0.29, 0.717) is 11.4 Å². The molecule has 1 aromatic rings. The van der Waals surface area contributed by atoms with Gasteiger partial charge in [-0.05, 0) is 38.6 Å². The quantitative estimate of drug-likeness (QED) is 0.710. The number of rotatable bonds is 7.